The van der Waals surface area contributed by atoms with E-state index in [1.54, 1.807) is 24.3 Å². The van der Waals surface area contributed by atoms with E-state index in [0.29, 0.717) is 27.2 Å². The predicted molar refractivity (Wildman–Crippen MR) is 139 cm³/mol. The second kappa shape index (κ2) is 8.71. The Balaban J connectivity index is 1.98. The Labute approximate surface area is 204 Å². The molecule has 34 heavy (non-hydrogen) atoms. The Hall–Kier alpha value is -3.47. The molecular weight excluding hydrogens is 462 g/mol. The van der Waals surface area contributed by atoms with Crippen molar-refractivity contribution < 1.29 is 8.42 Å². The van der Waals surface area contributed by atoms with Gasteiger partial charge in [0.15, 0.2) is 0 Å². The third-order valence-corrected chi connectivity index (χ3v) is 7.95. The van der Waals surface area contributed by atoms with Crippen LogP contribution in [0.15, 0.2) is 107 Å². The number of sulfone groups is 1. The number of hydrogen-bond acceptors (Lipinski definition) is 3. The minimum Gasteiger partial charge on any atom is -0.246 e. The number of benzene rings is 4. The molecule has 0 aliphatic heterocycles. The topological polar surface area (TPSA) is 47.0 Å². The van der Waals surface area contributed by atoms with Crippen molar-refractivity contribution in [3.63, 3.8) is 0 Å². The molecule has 168 valence electrons. The number of aryl methyl sites for hydroxylation is 2. The molecule has 1 aromatic heterocycles. The predicted octanol–water partition coefficient (Wildman–Crippen LogP) is 7.67. The maximum absolute atomic E-state index is 14.3. The fourth-order valence-electron chi connectivity index (χ4n) is 4.11. The highest BCUT2D eigenvalue weighted by Crippen LogP contribution is 2.42. The van der Waals surface area contributed by atoms with Crippen LogP contribution in [0.3, 0.4) is 0 Å². The van der Waals surface area contributed by atoms with Gasteiger partial charge in [-0.15, -0.1) is 0 Å². The molecule has 3 nitrogen and oxygen atoms in total. The van der Waals surface area contributed by atoms with Gasteiger partial charge in [0.2, 0.25) is 9.84 Å². The average molecular weight is 484 g/mol. The molecule has 0 unspecified atom stereocenters. The second-order valence-corrected chi connectivity index (χ2v) is 10.7. The van der Waals surface area contributed by atoms with Crippen LogP contribution in [0.25, 0.3) is 33.3 Å². The highest BCUT2D eigenvalue weighted by molar-refractivity contribution is 7.91. The maximum Gasteiger partial charge on any atom is 0.209 e. The molecule has 0 amide bonds. The summed E-state index contributed by atoms with van der Waals surface area (Å²) in [4.78, 5) is 5.28. The standard InChI is InChI=1S/C29H22ClNO2S/c1-19-8-12-22(13-9-19)28-29(34(32,33)24-15-10-20(2)11-16-24)27(21-6-4-3-5-7-21)25-18-23(30)14-17-26(25)31-28/h3-18H,1-2H3. The van der Waals surface area contributed by atoms with Crippen LogP contribution in [0.1, 0.15) is 11.1 Å². The molecule has 0 N–H and O–H groups in total. The monoisotopic (exact) mass is 483 g/mol. The first-order valence-electron chi connectivity index (χ1n) is 10.9. The van der Waals surface area contributed by atoms with Gasteiger partial charge in [0, 0.05) is 21.5 Å². The third kappa shape index (κ3) is 4.00. The molecule has 0 saturated carbocycles. The summed E-state index contributed by atoms with van der Waals surface area (Å²) in [6, 6.07) is 29.7. The molecule has 0 aliphatic rings. The molecule has 0 bridgehead atoms. The summed E-state index contributed by atoms with van der Waals surface area (Å²) < 4.78 is 28.5. The molecule has 0 radical (unpaired) electrons. The maximum atomic E-state index is 14.3. The van der Waals surface area contributed by atoms with Crippen LogP contribution in [0, 0.1) is 13.8 Å². The third-order valence-electron chi connectivity index (χ3n) is 5.89. The molecule has 0 atom stereocenters. The van der Waals surface area contributed by atoms with Crippen molar-refractivity contribution in [2.45, 2.75) is 23.6 Å². The van der Waals surface area contributed by atoms with Crippen LogP contribution in [0.2, 0.25) is 5.02 Å². The Morgan fingerprint density at radius 2 is 1.32 bits per heavy atom. The summed E-state index contributed by atoms with van der Waals surface area (Å²) in [5, 5.41) is 1.22. The molecule has 0 spiro atoms. The van der Waals surface area contributed by atoms with Crippen molar-refractivity contribution in [3.8, 4) is 22.4 Å². The lowest BCUT2D eigenvalue weighted by atomic mass is 9.98. The Bertz CT molecular complexity index is 1610. The fourth-order valence-corrected chi connectivity index (χ4v) is 5.93. The molecule has 1 heterocycles. The van der Waals surface area contributed by atoms with Crippen LogP contribution < -0.4 is 0 Å². The van der Waals surface area contributed by atoms with Crippen molar-refractivity contribution in [2.75, 3.05) is 0 Å². The Morgan fingerprint density at radius 1 is 0.706 bits per heavy atom. The lowest BCUT2D eigenvalue weighted by Gasteiger charge is -2.19. The molecule has 4 aromatic carbocycles. The van der Waals surface area contributed by atoms with E-state index >= 15 is 0 Å². The summed E-state index contributed by atoms with van der Waals surface area (Å²) in [5.41, 5.74) is 5.31. The molecular formula is C29H22ClNO2S. The Morgan fingerprint density at radius 3 is 1.97 bits per heavy atom. The first-order valence-corrected chi connectivity index (χ1v) is 12.8. The highest BCUT2D eigenvalue weighted by Gasteiger charge is 2.29. The molecule has 5 heteroatoms. The van der Waals surface area contributed by atoms with Crippen molar-refractivity contribution in [3.05, 3.63) is 113 Å². The van der Waals surface area contributed by atoms with E-state index in [9.17, 15) is 8.42 Å². The zero-order valence-corrected chi connectivity index (χ0v) is 20.4. The number of pyridine rings is 1. The van der Waals surface area contributed by atoms with Crippen LogP contribution >= 0.6 is 11.6 Å². The lowest BCUT2D eigenvalue weighted by Crippen LogP contribution is -2.09. The average Bonchev–Trinajstić information content (AvgIpc) is 2.84. The summed E-state index contributed by atoms with van der Waals surface area (Å²) in [6.07, 6.45) is 0. The zero-order chi connectivity index (χ0) is 23.9. The van der Waals surface area contributed by atoms with Gasteiger partial charge in [-0.2, -0.15) is 0 Å². The fraction of sp³-hybridized carbons (Fsp3) is 0.0690. The zero-order valence-electron chi connectivity index (χ0n) is 18.8. The summed E-state index contributed by atoms with van der Waals surface area (Å²) >= 11 is 6.38. The van der Waals surface area contributed by atoms with E-state index in [1.165, 1.54) is 0 Å². The summed E-state index contributed by atoms with van der Waals surface area (Å²) in [6.45, 7) is 3.93. The van der Waals surface area contributed by atoms with E-state index in [0.717, 1.165) is 22.3 Å². The van der Waals surface area contributed by atoms with Crippen molar-refractivity contribution in [1.82, 2.24) is 4.98 Å². The van der Waals surface area contributed by atoms with Gasteiger partial charge in [-0.25, -0.2) is 13.4 Å². The van der Waals surface area contributed by atoms with Crippen LogP contribution in [0.5, 0.6) is 0 Å². The number of nitrogens with zero attached hydrogens (tertiary/aromatic N) is 1. The van der Waals surface area contributed by atoms with Gasteiger partial charge < -0.3 is 0 Å². The van der Waals surface area contributed by atoms with Gasteiger partial charge in [-0.3, -0.25) is 0 Å². The SMILES string of the molecule is Cc1ccc(-c2nc3ccc(Cl)cc3c(-c3ccccc3)c2S(=O)(=O)c2ccc(C)cc2)cc1. The van der Waals surface area contributed by atoms with Crippen molar-refractivity contribution in [1.29, 1.82) is 0 Å². The largest absolute Gasteiger partial charge is 0.246 e. The van der Waals surface area contributed by atoms with Gasteiger partial charge in [-0.05, 0) is 49.7 Å². The quantitative estimate of drug-likeness (QED) is 0.263. The number of rotatable bonds is 4. The van der Waals surface area contributed by atoms with Crippen molar-refractivity contribution >= 4 is 32.3 Å². The minimum atomic E-state index is -3.93. The molecule has 5 aromatic rings. The van der Waals surface area contributed by atoms with E-state index in [2.05, 4.69) is 0 Å². The summed E-state index contributed by atoms with van der Waals surface area (Å²) in [7, 11) is -3.93. The number of fused-ring (bicyclic) bond motifs is 1. The second-order valence-electron chi connectivity index (χ2n) is 8.37. The van der Waals surface area contributed by atoms with E-state index in [-0.39, 0.29) is 9.79 Å². The van der Waals surface area contributed by atoms with Crippen LogP contribution in [0.4, 0.5) is 0 Å². The van der Waals surface area contributed by atoms with Gasteiger partial charge in [-0.1, -0.05) is 89.5 Å². The number of halogens is 1. The first-order chi connectivity index (χ1) is 16.3. The van der Waals surface area contributed by atoms with E-state index in [4.69, 9.17) is 16.6 Å². The summed E-state index contributed by atoms with van der Waals surface area (Å²) in [5.74, 6) is 0. The van der Waals surface area contributed by atoms with Gasteiger partial charge in [0.1, 0.15) is 4.90 Å². The van der Waals surface area contributed by atoms with Crippen molar-refractivity contribution in [2.24, 2.45) is 0 Å². The highest BCUT2D eigenvalue weighted by atomic mass is 35.5. The first kappa shape index (κ1) is 22.3. The van der Waals surface area contributed by atoms with Crippen LogP contribution in [-0.4, -0.2) is 13.4 Å². The van der Waals surface area contributed by atoms with E-state index in [1.807, 2.05) is 86.6 Å². The lowest BCUT2D eigenvalue weighted by molar-refractivity contribution is 0.596. The molecule has 0 aliphatic carbocycles. The smallest absolute Gasteiger partial charge is 0.209 e. The van der Waals surface area contributed by atoms with Gasteiger partial charge >= 0.3 is 0 Å². The number of aromatic nitrogens is 1. The van der Waals surface area contributed by atoms with E-state index < -0.39 is 9.84 Å². The molecule has 5 rings (SSSR count). The molecule has 0 saturated heterocycles. The van der Waals surface area contributed by atoms with Gasteiger partial charge in [0.05, 0.1) is 16.1 Å². The minimum absolute atomic E-state index is 0.182. The molecule has 0 fully saturated rings. The van der Waals surface area contributed by atoms with Crippen LogP contribution in [-0.2, 0) is 9.84 Å². The normalized spacial score (nSPS) is 11.6. The van der Waals surface area contributed by atoms with Gasteiger partial charge in [0.25, 0.3) is 0 Å². The Kier molecular flexibility index (Phi) is 5.72. The number of hydrogen-bond donors (Lipinski definition) is 0.